The number of hydrogen-bond donors (Lipinski definition) is 2. The molecule has 0 fully saturated rings. The second-order valence-corrected chi connectivity index (χ2v) is 7.72. The zero-order chi connectivity index (χ0) is 15.5. The number of halogens is 1. The van der Waals surface area contributed by atoms with Crippen LogP contribution in [0.1, 0.15) is 16.1 Å². The number of sulfonamides is 1. The molecular weight excluding hydrogens is 427 g/mol. The zero-order valence-electron chi connectivity index (χ0n) is 10.6. The van der Waals surface area contributed by atoms with Crippen molar-refractivity contribution >= 4 is 49.9 Å². The Morgan fingerprint density at radius 2 is 2.19 bits per heavy atom. The van der Waals surface area contributed by atoms with Gasteiger partial charge in [-0.25, -0.2) is 22.9 Å². The van der Waals surface area contributed by atoms with Crippen LogP contribution in [0.15, 0.2) is 34.0 Å². The Balaban J connectivity index is 2.12. The van der Waals surface area contributed by atoms with Crippen molar-refractivity contribution in [2.75, 3.05) is 6.54 Å². The van der Waals surface area contributed by atoms with E-state index in [1.165, 1.54) is 23.5 Å². The lowest BCUT2D eigenvalue weighted by atomic mass is 10.2. The lowest BCUT2D eigenvalue weighted by molar-refractivity contribution is 0.0695. The fourth-order valence-corrected chi connectivity index (χ4v) is 3.81. The normalized spacial score (nSPS) is 11.5. The summed E-state index contributed by atoms with van der Waals surface area (Å²) in [5.74, 6) is -1.15. The van der Waals surface area contributed by atoms with Gasteiger partial charge in [0.25, 0.3) is 0 Å². The van der Waals surface area contributed by atoms with Crippen LogP contribution in [0.5, 0.6) is 0 Å². The number of aromatic nitrogens is 1. The van der Waals surface area contributed by atoms with Gasteiger partial charge in [0.15, 0.2) is 0 Å². The minimum Gasteiger partial charge on any atom is -0.478 e. The highest BCUT2D eigenvalue weighted by Crippen LogP contribution is 2.18. The summed E-state index contributed by atoms with van der Waals surface area (Å²) in [6.07, 6.45) is 0.485. The molecule has 0 bridgehead atoms. The van der Waals surface area contributed by atoms with Crippen molar-refractivity contribution in [2.45, 2.75) is 11.3 Å². The molecule has 2 N–H and O–H groups in total. The summed E-state index contributed by atoms with van der Waals surface area (Å²) >= 11 is 3.30. The van der Waals surface area contributed by atoms with Crippen LogP contribution in [-0.2, 0) is 16.4 Å². The topological polar surface area (TPSA) is 96.4 Å². The molecule has 2 aromatic rings. The van der Waals surface area contributed by atoms with Gasteiger partial charge in [0.1, 0.15) is 0 Å². The summed E-state index contributed by atoms with van der Waals surface area (Å²) in [6, 6.07) is 4.02. The molecule has 21 heavy (non-hydrogen) atoms. The third kappa shape index (κ3) is 4.22. The molecule has 112 valence electrons. The molecule has 0 saturated carbocycles. The first-order valence-electron chi connectivity index (χ1n) is 5.80. The average Bonchev–Trinajstić information content (AvgIpc) is 2.91. The minimum absolute atomic E-state index is 0.0297. The number of carboxylic acid groups (broad SMARTS) is 1. The van der Waals surface area contributed by atoms with Crippen molar-refractivity contribution < 1.29 is 18.3 Å². The molecule has 1 aromatic heterocycles. The number of thiazole rings is 1. The first kappa shape index (κ1) is 16.3. The van der Waals surface area contributed by atoms with Crippen molar-refractivity contribution in [3.8, 4) is 0 Å². The maximum atomic E-state index is 12.1. The molecule has 0 spiro atoms. The summed E-state index contributed by atoms with van der Waals surface area (Å²) in [5.41, 5.74) is 2.47. The van der Waals surface area contributed by atoms with Crippen LogP contribution in [0.2, 0.25) is 0 Å². The smallest absolute Gasteiger partial charge is 0.336 e. The molecule has 0 aliphatic rings. The van der Waals surface area contributed by atoms with Gasteiger partial charge in [-0.3, -0.25) is 0 Å². The van der Waals surface area contributed by atoms with Crippen molar-refractivity contribution in [1.29, 1.82) is 0 Å². The SMILES string of the molecule is O=C(O)c1cc(S(=O)(=O)NCCc2cscn2)ccc1I. The largest absolute Gasteiger partial charge is 0.478 e. The van der Waals surface area contributed by atoms with Crippen LogP contribution in [-0.4, -0.2) is 31.0 Å². The van der Waals surface area contributed by atoms with Gasteiger partial charge in [0.05, 0.1) is 21.7 Å². The Morgan fingerprint density at radius 3 is 2.81 bits per heavy atom. The molecule has 0 aliphatic carbocycles. The van der Waals surface area contributed by atoms with E-state index < -0.39 is 16.0 Å². The van der Waals surface area contributed by atoms with Gasteiger partial charge < -0.3 is 5.11 Å². The first-order chi connectivity index (χ1) is 9.90. The maximum Gasteiger partial charge on any atom is 0.336 e. The van der Waals surface area contributed by atoms with Crippen LogP contribution in [0.4, 0.5) is 0 Å². The molecule has 0 amide bonds. The zero-order valence-corrected chi connectivity index (χ0v) is 14.4. The molecule has 0 radical (unpaired) electrons. The maximum absolute atomic E-state index is 12.1. The fourth-order valence-electron chi connectivity index (χ4n) is 1.59. The van der Waals surface area contributed by atoms with Gasteiger partial charge in [-0.15, -0.1) is 11.3 Å². The highest BCUT2D eigenvalue weighted by atomic mass is 127. The van der Waals surface area contributed by atoms with E-state index in [-0.39, 0.29) is 17.0 Å². The monoisotopic (exact) mass is 438 g/mol. The molecule has 0 aliphatic heterocycles. The Hall–Kier alpha value is -1.04. The minimum atomic E-state index is -3.73. The third-order valence-corrected chi connectivity index (χ3v) is 5.67. The Kier molecular flexibility index (Phi) is 5.30. The Morgan fingerprint density at radius 1 is 1.43 bits per heavy atom. The van der Waals surface area contributed by atoms with Gasteiger partial charge in [-0.2, -0.15) is 0 Å². The van der Waals surface area contributed by atoms with E-state index in [0.717, 1.165) is 11.8 Å². The van der Waals surface area contributed by atoms with Gasteiger partial charge in [-0.05, 0) is 40.8 Å². The summed E-state index contributed by atoms with van der Waals surface area (Å²) in [6.45, 7) is 0.209. The quantitative estimate of drug-likeness (QED) is 0.673. The van der Waals surface area contributed by atoms with Gasteiger partial charge in [0, 0.05) is 21.9 Å². The molecule has 1 aromatic carbocycles. The number of benzene rings is 1. The van der Waals surface area contributed by atoms with E-state index in [1.807, 2.05) is 28.0 Å². The predicted molar refractivity (Wildman–Crippen MR) is 87.1 cm³/mol. The van der Waals surface area contributed by atoms with Crippen molar-refractivity contribution in [2.24, 2.45) is 0 Å². The van der Waals surface area contributed by atoms with E-state index in [1.54, 1.807) is 5.51 Å². The number of rotatable bonds is 6. The lowest BCUT2D eigenvalue weighted by Gasteiger charge is -2.07. The fraction of sp³-hybridized carbons (Fsp3) is 0.167. The van der Waals surface area contributed by atoms with Crippen LogP contribution in [0.3, 0.4) is 0 Å². The molecule has 0 saturated heterocycles. The second kappa shape index (κ2) is 6.81. The Bertz CT molecular complexity index is 745. The molecule has 0 unspecified atom stereocenters. The highest BCUT2D eigenvalue weighted by molar-refractivity contribution is 14.1. The number of carbonyl (C=O) groups is 1. The number of hydrogen-bond acceptors (Lipinski definition) is 5. The number of nitrogens with one attached hydrogen (secondary N) is 1. The first-order valence-corrected chi connectivity index (χ1v) is 9.30. The summed E-state index contributed by atoms with van der Waals surface area (Å²) in [4.78, 5) is 15.0. The standard InChI is InChI=1S/C12H11IN2O4S2/c13-11-2-1-9(5-10(11)12(16)17)21(18,19)15-4-3-8-6-20-7-14-8/h1-2,5-7,15H,3-4H2,(H,16,17). The number of nitrogens with zero attached hydrogens (tertiary/aromatic N) is 1. The average molecular weight is 438 g/mol. The summed E-state index contributed by atoms with van der Waals surface area (Å²) < 4.78 is 27.2. The molecule has 2 rings (SSSR count). The molecule has 9 heteroatoms. The molecule has 1 heterocycles. The highest BCUT2D eigenvalue weighted by Gasteiger charge is 2.17. The van der Waals surface area contributed by atoms with Crippen LogP contribution >= 0.6 is 33.9 Å². The van der Waals surface area contributed by atoms with Crippen molar-refractivity contribution in [3.63, 3.8) is 0 Å². The van der Waals surface area contributed by atoms with Crippen molar-refractivity contribution in [3.05, 3.63) is 43.9 Å². The Labute approximate surface area is 139 Å². The second-order valence-electron chi connectivity index (χ2n) is 4.07. The molecule has 0 atom stereocenters. The lowest BCUT2D eigenvalue weighted by Crippen LogP contribution is -2.26. The van der Waals surface area contributed by atoms with Gasteiger partial charge in [-0.1, -0.05) is 0 Å². The van der Waals surface area contributed by atoms with Gasteiger partial charge in [0.2, 0.25) is 10.0 Å². The van der Waals surface area contributed by atoms with Crippen LogP contribution in [0.25, 0.3) is 0 Å². The third-order valence-electron chi connectivity index (χ3n) is 2.64. The van der Waals surface area contributed by atoms with E-state index in [4.69, 9.17) is 5.11 Å². The predicted octanol–water partition coefficient (Wildman–Crippen LogP) is 1.97. The van der Waals surface area contributed by atoms with E-state index in [2.05, 4.69) is 9.71 Å². The summed E-state index contributed by atoms with van der Waals surface area (Å²) in [5, 5.41) is 10.9. The van der Waals surface area contributed by atoms with Crippen LogP contribution in [0, 0.1) is 3.57 Å². The van der Waals surface area contributed by atoms with Crippen molar-refractivity contribution in [1.82, 2.24) is 9.71 Å². The van der Waals surface area contributed by atoms with E-state index >= 15 is 0 Å². The molecular formula is C12H11IN2O4S2. The number of aromatic carboxylic acids is 1. The number of carboxylic acids is 1. The van der Waals surface area contributed by atoms with Crippen LogP contribution < -0.4 is 4.72 Å². The van der Waals surface area contributed by atoms with Gasteiger partial charge >= 0.3 is 5.97 Å². The molecule has 6 nitrogen and oxygen atoms in total. The van der Waals surface area contributed by atoms with E-state index in [9.17, 15) is 13.2 Å². The summed E-state index contributed by atoms with van der Waals surface area (Å²) in [7, 11) is -3.73. The van der Waals surface area contributed by atoms with E-state index in [0.29, 0.717) is 9.99 Å².